The molecular formula is C16H18F2N4OS. The molecule has 24 heavy (non-hydrogen) atoms. The topological polar surface area (TPSA) is 41.4 Å². The van der Waals surface area contributed by atoms with Crippen molar-refractivity contribution in [2.24, 2.45) is 0 Å². The molecule has 1 saturated heterocycles. The first-order chi connectivity index (χ1) is 11.5. The Morgan fingerprint density at radius 2 is 2.21 bits per heavy atom. The van der Waals surface area contributed by atoms with Crippen molar-refractivity contribution >= 4 is 17.2 Å². The summed E-state index contributed by atoms with van der Waals surface area (Å²) in [6, 6.07) is 3.94. The molecule has 8 heteroatoms. The summed E-state index contributed by atoms with van der Waals surface area (Å²) in [4.78, 5) is 15.8. The number of alkyl halides is 2. The molecule has 0 saturated carbocycles. The predicted octanol–water partition coefficient (Wildman–Crippen LogP) is 2.37. The van der Waals surface area contributed by atoms with Crippen molar-refractivity contribution in [2.75, 3.05) is 19.6 Å². The molecule has 4 heterocycles. The lowest BCUT2D eigenvalue weighted by Gasteiger charge is -2.40. The van der Waals surface area contributed by atoms with Gasteiger partial charge in [0, 0.05) is 25.8 Å². The molecule has 4 rings (SSSR count). The molecule has 0 N–H and O–H groups in total. The molecule has 1 amide bonds. The minimum Gasteiger partial charge on any atom is -0.330 e. The average molecular weight is 352 g/mol. The van der Waals surface area contributed by atoms with Gasteiger partial charge in [-0.15, -0.1) is 0 Å². The number of likely N-dealkylation sites (tertiary alicyclic amines) is 1. The van der Waals surface area contributed by atoms with Crippen LogP contribution in [0.2, 0.25) is 0 Å². The molecule has 0 unspecified atom stereocenters. The highest BCUT2D eigenvalue weighted by molar-refractivity contribution is 7.07. The van der Waals surface area contributed by atoms with Gasteiger partial charge in [0.1, 0.15) is 0 Å². The number of hydrogen-bond donors (Lipinski definition) is 0. The Bertz CT molecular complexity index is 722. The molecule has 2 aliphatic heterocycles. The number of hydrogen-bond acceptors (Lipinski definition) is 4. The third-order valence-electron chi connectivity index (χ3n) is 4.55. The third kappa shape index (κ3) is 3.08. The number of rotatable bonds is 4. The SMILES string of the molecule is O=C(C[C@@H]1CN(Cc2ccsc2)Cc2ccnn21)N1CC(F)(F)C1. The molecule has 1 fully saturated rings. The Kier molecular flexibility index (Phi) is 3.88. The monoisotopic (exact) mass is 352 g/mol. The standard InChI is InChI=1S/C16H18F2N4OS/c17-16(18)10-21(11-16)15(23)5-14-8-20(6-12-2-4-24-9-12)7-13-1-3-19-22(13)14/h1-4,9,14H,5-8,10-11H2/t14-/m1/s1. The first-order valence-corrected chi connectivity index (χ1v) is 8.86. The van der Waals surface area contributed by atoms with Crippen LogP contribution in [-0.4, -0.2) is 51.0 Å². The van der Waals surface area contributed by atoms with Crippen LogP contribution < -0.4 is 0 Å². The van der Waals surface area contributed by atoms with E-state index >= 15 is 0 Å². The number of nitrogens with zero attached hydrogens (tertiary/aromatic N) is 4. The van der Waals surface area contributed by atoms with Gasteiger partial charge in [-0.3, -0.25) is 14.4 Å². The minimum absolute atomic E-state index is 0.107. The molecule has 0 radical (unpaired) electrons. The molecule has 0 bridgehead atoms. The second-order valence-corrected chi connectivity index (χ2v) is 7.31. The van der Waals surface area contributed by atoms with Gasteiger partial charge < -0.3 is 4.90 Å². The highest BCUT2D eigenvalue weighted by Gasteiger charge is 2.46. The maximum absolute atomic E-state index is 13.0. The van der Waals surface area contributed by atoms with Crippen molar-refractivity contribution in [1.29, 1.82) is 0 Å². The van der Waals surface area contributed by atoms with Crippen LogP contribution in [0, 0.1) is 0 Å². The number of carbonyl (C=O) groups is 1. The summed E-state index contributed by atoms with van der Waals surface area (Å²) in [6.07, 6.45) is 1.95. The summed E-state index contributed by atoms with van der Waals surface area (Å²) in [5, 5.41) is 8.50. The fourth-order valence-corrected chi connectivity index (χ4v) is 4.06. The van der Waals surface area contributed by atoms with Crippen LogP contribution in [-0.2, 0) is 17.9 Å². The normalized spacial score (nSPS) is 22.9. The van der Waals surface area contributed by atoms with E-state index in [0.717, 1.165) is 18.8 Å². The molecular weight excluding hydrogens is 334 g/mol. The summed E-state index contributed by atoms with van der Waals surface area (Å²) in [7, 11) is 0. The number of halogens is 2. The van der Waals surface area contributed by atoms with Crippen molar-refractivity contribution in [3.63, 3.8) is 0 Å². The molecule has 0 aromatic carbocycles. The van der Waals surface area contributed by atoms with Crippen LogP contribution >= 0.6 is 11.3 Å². The lowest BCUT2D eigenvalue weighted by molar-refractivity contribution is -0.166. The number of aromatic nitrogens is 2. The van der Waals surface area contributed by atoms with Crippen LogP contribution in [0.4, 0.5) is 8.78 Å². The number of fused-ring (bicyclic) bond motifs is 1. The minimum atomic E-state index is -2.72. The fourth-order valence-electron chi connectivity index (χ4n) is 3.40. The van der Waals surface area contributed by atoms with Crippen molar-refractivity contribution < 1.29 is 13.6 Å². The van der Waals surface area contributed by atoms with Crippen LogP contribution in [0.1, 0.15) is 23.7 Å². The van der Waals surface area contributed by atoms with Crippen molar-refractivity contribution in [3.05, 3.63) is 40.3 Å². The van der Waals surface area contributed by atoms with Gasteiger partial charge >= 0.3 is 0 Å². The zero-order chi connectivity index (χ0) is 16.7. The highest BCUT2D eigenvalue weighted by atomic mass is 32.1. The largest absolute Gasteiger partial charge is 0.330 e. The van der Waals surface area contributed by atoms with Crippen LogP contribution in [0.3, 0.4) is 0 Å². The lowest BCUT2D eigenvalue weighted by atomic mass is 10.1. The average Bonchev–Trinajstić information content (AvgIpc) is 3.15. The van der Waals surface area contributed by atoms with Crippen molar-refractivity contribution in [1.82, 2.24) is 19.6 Å². The van der Waals surface area contributed by atoms with Gasteiger partial charge in [-0.1, -0.05) is 0 Å². The summed E-state index contributed by atoms with van der Waals surface area (Å²) in [6.45, 7) is 1.39. The van der Waals surface area contributed by atoms with Gasteiger partial charge in [0.15, 0.2) is 0 Å². The predicted molar refractivity (Wildman–Crippen MR) is 85.8 cm³/mol. The van der Waals surface area contributed by atoms with E-state index in [9.17, 15) is 13.6 Å². The molecule has 2 aromatic heterocycles. The Morgan fingerprint density at radius 3 is 2.92 bits per heavy atom. The first-order valence-electron chi connectivity index (χ1n) is 7.92. The molecule has 128 valence electrons. The van der Waals surface area contributed by atoms with Gasteiger partial charge in [0.25, 0.3) is 5.92 Å². The van der Waals surface area contributed by atoms with E-state index in [1.165, 1.54) is 10.5 Å². The second kappa shape index (κ2) is 5.93. The zero-order valence-electron chi connectivity index (χ0n) is 13.1. The Morgan fingerprint density at radius 1 is 1.38 bits per heavy atom. The number of thiophene rings is 1. The van der Waals surface area contributed by atoms with E-state index in [-0.39, 0.29) is 18.4 Å². The smallest absolute Gasteiger partial charge is 0.282 e. The number of amides is 1. The van der Waals surface area contributed by atoms with E-state index in [4.69, 9.17) is 0 Å². The second-order valence-electron chi connectivity index (χ2n) is 6.53. The molecule has 2 aromatic rings. The summed E-state index contributed by atoms with van der Waals surface area (Å²) in [5.74, 6) is -2.94. The third-order valence-corrected chi connectivity index (χ3v) is 5.28. The van der Waals surface area contributed by atoms with Crippen molar-refractivity contribution in [3.8, 4) is 0 Å². The maximum atomic E-state index is 13.0. The first kappa shape index (κ1) is 15.7. The van der Waals surface area contributed by atoms with Crippen molar-refractivity contribution in [2.45, 2.75) is 31.5 Å². The maximum Gasteiger partial charge on any atom is 0.282 e. The van der Waals surface area contributed by atoms with E-state index in [1.54, 1.807) is 17.5 Å². The molecule has 5 nitrogen and oxygen atoms in total. The summed E-state index contributed by atoms with van der Waals surface area (Å²) < 4.78 is 27.8. The van der Waals surface area contributed by atoms with Gasteiger partial charge in [0.05, 0.1) is 31.2 Å². The summed E-state index contributed by atoms with van der Waals surface area (Å²) in [5.41, 5.74) is 2.31. The Balaban J connectivity index is 1.44. The van der Waals surface area contributed by atoms with Gasteiger partial charge in [-0.25, -0.2) is 8.78 Å². The van der Waals surface area contributed by atoms with Gasteiger partial charge in [-0.2, -0.15) is 16.4 Å². The quantitative estimate of drug-likeness (QED) is 0.848. The Hall–Kier alpha value is -1.80. The van der Waals surface area contributed by atoms with Crippen LogP contribution in [0.25, 0.3) is 0 Å². The fraction of sp³-hybridized carbons (Fsp3) is 0.500. The van der Waals surface area contributed by atoms with E-state index in [1.807, 2.05) is 10.7 Å². The zero-order valence-corrected chi connectivity index (χ0v) is 13.9. The van der Waals surface area contributed by atoms with Gasteiger partial charge in [-0.05, 0) is 28.5 Å². The molecule has 0 aliphatic carbocycles. The van der Waals surface area contributed by atoms with E-state index in [0.29, 0.717) is 6.54 Å². The number of carbonyl (C=O) groups excluding carboxylic acids is 1. The van der Waals surface area contributed by atoms with Crippen LogP contribution in [0.5, 0.6) is 0 Å². The van der Waals surface area contributed by atoms with Crippen LogP contribution in [0.15, 0.2) is 29.1 Å². The van der Waals surface area contributed by atoms with E-state index < -0.39 is 19.0 Å². The molecule has 2 aliphatic rings. The molecule has 0 spiro atoms. The lowest BCUT2D eigenvalue weighted by Crippen LogP contribution is -2.58. The summed E-state index contributed by atoms with van der Waals surface area (Å²) >= 11 is 1.67. The van der Waals surface area contributed by atoms with Gasteiger partial charge in [0.2, 0.25) is 5.91 Å². The van der Waals surface area contributed by atoms with E-state index in [2.05, 4.69) is 26.8 Å². The molecule has 1 atom stereocenters. The highest BCUT2D eigenvalue weighted by Crippen LogP contribution is 2.30. The Labute approximate surface area is 142 Å².